The minimum atomic E-state index is -3.18. The van der Waals surface area contributed by atoms with Crippen LogP contribution >= 0.6 is 12.9 Å². The van der Waals surface area contributed by atoms with E-state index < -0.39 is 70.7 Å². The second-order valence-corrected chi connectivity index (χ2v) is 16.6. The summed E-state index contributed by atoms with van der Waals surface area (Å²) in [6.07, 6.45) is -2.59. The van der Waals surface area contributed by atoms with E-state index in [9.17, 15) is 23.7 Å². The van der Waals surface area contributed by atoms with Crippen molar-refractivity contribution in [3.63, 3.8) is 0 Å². The number of rotatable bonds is 15. The lowest BCUT2D eigenvalue weighted by Gasteiger charge is -2.47. The molecule has 0 aromatic carbocycles. The highest BCUT2D eigenvalue weighted by atomic mass is 32.2. The lowest BCUT2D eigenvalue weighted by Crippen LogP contribution is -2.61. The fraction of sp³-hybridized carbons (Fsp3) is 0.941. The van der Waals surface area contributed by atoms with Gasteiger partial charge in [0.25, 0.3) is 0 Å². The molecule has 286 valence electrons. The summed E-state index contributed by atoms with van der Waals surface area (Å²) in [5.74, 6) is -0.625. The van der Waals surface area contributed by atoms with E-state index in [2.05, 4.69) is 26.4 Å². The van der Waals surface area contributed by atoms with Gasteiger partial charge in [0.15, 0.2) is 6.29 Å². The van der Waals surface area contributed by atoms with Gasteiger partial charge in [-0.25, -0.2) is 8.42 Å². The van der Waals surface area contributed by atoms with Crippen molar-refractivity contribution in [2.75, 3.05) is 20.3 Å². The maximum Gasteiger partial charge on any atom is 0.161 e. The first kappa shape index (κ1) is 37.9. The number of methoxy groups -OCH3 is 1. The predicted octanol–water partition coefficient (Wildman–Crippen LogP) is 0.837. The van der Waals surface area contributed by atoms with E-state index in [0.29, 0.717) is 38.5 Å². The number of aliphatic hydroxyl groups excluding tert-OH is 3. The summed E-state index contributed by atoms with van der Waals surface area (Å²) in [6, 6.07) is 0. The molecule has 19 atom stereocenters. The van der Waals surface area contributed by atoms with Crippen molar-refractivity contribution in [3.8, 4) is 0 Å². The third-order valence-corrected chi connectivity index (χ3v) is 13.7. The van der Waals surface area contributed by atoms with Crippen LogP contribution in [-0.4, -0.2) is 147 Å². The fourth-order valence-electron chi connectivity index (χ4n) is 9.75. The van der Waals surface area contributed by atoms with Crippen LogP contribution in [0.2, 0.25) is 0 Å². The van der Waals surface area contributed by atoms with Gasteiger partial charge in [-0.05, 0) is 56.5 Å². The number of thiol groups is 2. The summed E-state index contributed by atoms with van der Waals surface area (Å²) in [4.78, 5) is 0. The second-order valence-electron chi connectivity index (χ2n) is 15.2. The molecule has 0 radical (unpaired) electrons. The van der Waals surface area contributed by atoms with Gasteiger partial charge in [0.2, 0.25) is 0 Å². The van der Waals surface area contributed by atoms with Crippen molar-refractivity contribution >= 4 is 23.6 Å². The maximum absolute atomic E-state index is 13.2. The molecule has 8 rings (SSSR count). The zero-order chi connectivity index (χ0) is 35.3. The molecule has 6 bridgehead atoms. The normalized spacial score (nSPS) is 47.0. The molecule has 50 heavy (non-hydrogen) atoms. The number of hydrogen-bond donors (Lipinski definition) is 5. The Morgan fingerprint density at radius 2 is 1.62 bits per heavy atom. The van der Waals surface area contributed by atoms with Crippen molar-refractivity contribution in [2.45, 2.75) is 168 Å². The number of ether oxygens (including phenoxy) is 8. The molecule has 16 heteroatoms. The molecule has 8 aliphatic rings. The average Bonchev–Trinajstić information content (AvgIpc) is 3.67. The van der Waals surface area contributed by atoms with Gasteiger partial charge < -0.3 is 57.4 Å². The Hall–Kier alpha value is -0.440. The van der Waals surface area contributed by atoms with Crippen LogP contribution in [0, 0.1) is 11.8 Å². The van der Waals surface area contributed by atoms with Gasteiger partial charge in [-0.2, -0.15) is 0 Å². The summed E-state index contributed by atoms with van der Waals surface area (Å²) >= 11 is 3.91. The van der Waals surface area contributed by atoms with Gasteiger partial charge in [-0.1, -0.05) is 13.5 Å². The second kappa shape index (κ2) is 16.1. The van der Waals surface area contributed by atoms with Crippen LogP contribution in [-0.2, 0) is 52.8 Å². The Morgan fingerprint density at radius 3 is 2.34 bits per heavy atom. The molecule has 3 N–H and O–H groups in total. The zero-order valence-electron chi connectivity index (χ0n) is 28.7. The first-order valence-electron chi connectivity index (χ1n) is 18.3. The largest absolute Gasteiger partial charge is 0.396 e. The SMILES string of the molecule is C=C1[C@H](C)C[C@H](CCCO)O[C@@H]1C[C@@H]1O[C@H](C[C@@H](CO)OS)[C@H](OC)C1C(C(O)C[C@H]1CC[C@@H]2OC3C4O[C@@H]5C[C@H]4O[C@H]3[C@@H](O5)C2O1)[SH](=O)=O. The molecule has 0 spiro atoms. The van der Waals surface area contributed by atoms with Crippen molar-refractivity contribution in [1.29, 1.82) is 0 Å². The lowest BCUT2D eigenvalue weighted by molar-refractivity contribution is -0.266. The van der Waals surface area contributed by atoms with Crippen LogP contribution < -0.4 is 0 Å². The quantitative estimate of drug-likeness (QED) is 0.0904. The minimum Gasteiger partial charge on any atom is -0.396 e. The van der Waals surface area contributed by atoms with Crippen LogP contribution in [0.5, 0.6) is 0 Å². The van der Waals surface area contributed by atoms with Crippen molar-refractivity contribution in [1.82, 2.24) is 0 Å². The fourth-order valence-corrected chi connectivity index (χ4v) is 10.9. The Bertz CT molecular complexity index is 1240. The molecule has 8 fully saturated rings. The standard InChI is InChI=1S/C34H54O14S2/c1-15-9-17(5-4-8-35)41-22(16(15)2)12-23-27(28(40-3)24(43-23)11-19(14-36)48-49)34(50(38)39)20(37)10-18-6-7-21-29(42-18)32-33-31(44-21)30-25(45-33)13-26(46-30)47-32/h15,17-37,49-50H,2,4-14H2,1,3H3/t15-,17+,18-,19+,20?,21+,22-,23+,24-,25-,26+,27?,28+,29?,30?,31?,32+,33-,34?/m1/s1. The van der Waals surface area contributed by atoms with E-state index in [-0.39, 0.29) is 81.0 Å². The Kier molecular flexibility index (Phi) is 12.2. The van der Waals surface area contributed by atoms with Gasteiger partial charge in [0, 0.05) is 45.3 Å². The highest BCUT2D eigenvalue weighted by Crippen LogP contribution is 2.49. The monoisotopic (exact) mass is 750 g/mol. The lowest BCUT2D eigenvalue weighted by atomic mass is 9.81. The molecule has 0 aromatic heterocycles. The first-order valence-corrected chi connectivity index (χ1v) is 19.9. The first-order chi connectivity index (χ1) is 24.1. The Labute approximate surface area is 300 Å². The molecule has 0 saturated carbocycles. The third kappa shape index (κ3) is 7.33. The summed E-state index contributed by atoms with van der Waals surface area (Å²) in [7, 11) is -1.68. The summed E-state index contributed by atoms with van der Waals surface area (Å²) in [5, 5.41) is 29.9. The number of aliphatic hydroxyl groups is 3. The number of hydrogen-bond acceptors (Lipinski definition) is 15. The Morgan fingerprint density at radius 1 is 0.900 bits per heavy atom. The molecule has 8 saturated heterocycles. The summed E-state index contributed by atoms with van der Waals surface area (Å²) in [5.41, 5.74) is 0.892. The van der Waals surface area contributed by atoms with Crippen LogP contribution in [0.15, 0.2) is 12.2 Å². The van der Waals surface area contributed by atoms with Gasteiger partial charge in [0.1, 0.15) is 41.2 Å². The van der Waals surface area contributed by atoms with E-state index in [1.165, 1.54) is 7.11 Å². The highest BCUT2D eigenvalue weighted by molar-refractivity contribution is 7.75. The third-order valence-electron chi connectivity index (χ3n) is 12.2. The topological polar surface area (TPSA) is 178 Å². The van der Waals surface area contributed by atoms with Gasteiger partial charge in [-0.3, -0.25) is 0 Å². The van der Waals surface area contributed by atoms with Gasteiger partial charge >= 0.3 is 0 Å². The predicted molar refractivity (Wildman–Crippen MR) is 179 cm³/mol. The molecule has 0 aliphatic carbocycles. The molecule has 6 unspecified atom stereocenters. The van der Waals surface area contributed by atoms with Crippen LogP contribution in [0.25, 0.3) is 0 Å². The molecule has 0 aromatic rings. The number of fused-ring (bicyclic) bond motifs is 1. The van der Waals surface area contributed by atoms with Gasteiger partial charge in [-0.15, -0.1) is 0 Å². The van der Waals surface area contributed by atoms with Crippen LogP contribution in [0.3, 0.4) is 0 Å². The van der Waals surface area contributed by atoms with Crippen molar-refractivity contribution in [3.05, 3.63) is 12.2 Å². The smallest absolute Gasteiger partial charge is 0.161 e. The van der Waals surface area contributed by atoms with Crippen molar-refractivity contribution in [2.24, 2.45) is 11.8 Å². The van der Waals surface area contributed by atoms with Gasteiger partial charge in [0.05, 0.1) is 72.9 Å². The van der Waals surface area contributed by atoms with Crippen LogP contribution in [0.1, 0.15) is 64.7 Å². The molecule has 0 amide bonds. The summed E-state index contributed by atoms with van der Waals surface area (Å²) < 4.78 is 82.3. The summed E-state index contributed by atoms with van der Waals surface area (Å²) in [6.45, 7) is 6.16. The Balaban J connectivity index is 1.09. The average molecular weight is 751 g/mol. The molecule has 8 heterocycles. The van der Waals surface area contributed by atoms with E-state index in [1.54, 1.807) is 0 Å². The molecule has 8 aliphatic heterocycles. The minimum absolute atomic E-state index is 0.0520. The van der Waals surface area contributed by atoms with Crippen LogP contribution in [0.4, 0.5) is 0 Å². The molecule has 14 nitrogen and oxygen atoms in total. The highest BCUT2D eigenvalue weighted by Gasteiger charge is 2.65. The van der Waals surface area contributed by atoms with E-state index in [0.717, 1.165) is 12.0 Å². The molecular weight excluding hydrogens is 696 g/mol. The molecular formula is C34H54O14S2. The van der Waals surface area contributed by atoms with E-state index in [1.807, 2.05) is 0 Å². The van der Waals surface area contributed by atoms with Crippen molar-refractivity contribution < 1.29 is 65.8 Å². The zero-order valence-corrected chi connectivity index (χ0v) is 30.5. The van der Waals surface area contributed by atoms with E-state index in [4.69, 9.17) is 42.1 Å². The van der Waals surface area contributed by atoms with E-state index >= 15 is 0 Å². The maximum atomic E-state index is 13.2.